The van der Waals surface area contributed by atoms with Gasteiger partial charge in [0.1, 0.15) is 11.6 Å². The van der Waals surface area contributed by atoms with Crippen LogP contribution in [0.25, 0.3) is 11.0 Å². The second-order valence-electron chi connectivity index (χ2n) is 7.55. The minimum atomic E-state index is 0.105. The number of fused-ring (bicyclic) bond motifs is 1. The van der Waals surface area contributed by atoms with Crippen LogP contribution < -0.4 is 5.32 Å². The summed E-state index contributed by atoms with van der Waals surface area (Å²) in [6.45, 7) is 6.62. The summed E-state index contributed by atoms with van der Waals surface area (Å²) < 4.78 is 0. The highest BCUT2D eigenvalue weighted by molar-refractivity contribution is 5.94. The zero-order chi connectivity index (χ0) is 19.5. The van der Waals surface area contributed by atoms with E-state index in [9.17, 15) is 4.79 Å². The lowest BCUT2D eigenvalue weighted by Gasteiger charge is -2.26. The lowest BCUT2D eigenvalue weighted by Crippen LogP contribution is -2.35. The summed E-state index contributed by atoms with van der Waals surface area (Å²) in [5, 5.41) is 3.32. The fourth-order valence-corrected chi connectivity index (χ4v) is 3.73. The molecule has 0 saturated carbocycles. The number of rotatable bonds is 5. The molecule has 0 unspecified atom stereocenters. The average molecular weight is 377 g/mol. The van der Waals surface area contributed by atoms with Crippen LogP contribution in [-0.4, -0.2) is 45.4 Å². The minimum Gasteiger partial charge on any atom is -0.370 e. The van der Waals surface area contributed by atoms with Gasteiger partial charge < -0.3 is 15.2 Å². The predicted octanol–water partition coefficient (Wildman–Crippen LogP) is 3.86. The number of carbonyl (C=O) groups excluding carboxylic acids is 1. The highest BCUT2D eigenvalue weighted by Gasteiger charge is 2.18. The van der Waals surface area contributed by atoms with E-state index in [1.807, 2.05) is 11.0 Å². The number of imidazole rings is 1. The first-order chi connectivity index (χ1) is 13.6. The van der Waals surface area contributed by atoms with Crippen LogP contribution in [0.5, 0.6) is 0 Å². The zero-order valence-electron chi connectivity index (χ0n) is 16.6. The summed E-state index contributed by atoms with van der Waals surface area (Å²) in [5.74, 6) is 1.79. The highest BCUT2D eigenvalue weighted by atomic mass is 16.2. The maximum absolute atomic E-state index is 12.7. The van der Waals surface area contributed by atoms with Gasteiger partial charge in [-0.3, -0.25) is 4.79 Å². The number of aryl methyl sites for hydroxylation is 2. The molecule has 2 aromatic heterocycles. The number of anilines is 1. The lowest BCUT2D eigenvalue weighted by molar-refractivity contribution is 0.0724. The number of amides is 1. The minimum absolute atomic E-state index is 0.105. The van der Waals surface area contributed by atoms with E-state index in [4.69, 9.17) is 4.98 Å². The van der Waals surface area contributed by atoms with Gasteiger partial charge in [-0.25, -0.2) is 9.97 Å². The van der Waals surface area contributed by atoms with E-state index in [1.54, 1.807) is 12.3 Å². The molecule has 1 aromatic carbocycles. The molecule has 3 heterocycles. The van der Waals surface area contributed by atoms with Crippen LogP contribution in [0.2, 0.25) is 0 Å². The first-order valence-corrected chi connectivity index (χ1v) is 10.1. The van der Waals surface area contributed by atoms with Crippen LogP contribution in [0.4, 0.5) is 5.82 Å². The van der Waals surface area contributed by atoms with E-state index in [0.717, 1.165) is 55.0 Å². The molecule has 6 nitrogen and oxygen atoms in total. The van der Waals surface area contributed by atoms with Crippen molar-refractivity contribution < 1.29 is 4.79 Å². The van der Waals surface area contributed by atoms with Crippen LogP contribution in [0.3, 0.4) is 0 Å². The van der Waals surface area contributed by atoms with Gasteiger partial charge in [0.25, 0.3) is 5.91 Å². The SMILES string of the molecule is Cc1ccc2[nH]c(CCNc3cc(C(=O)N4CCCCC4)ccn3)nc2c1C. The van der Waals surface area contributed by atoms with Crippen LogP contribution >= 0.6 is 0 Å². The first kappa shape index (κ1) is 18.5. The number of pyridine rings is 1. The Morgan fingerprint density at radius 3 is 2.82 bits per heavy atom. The zero-order valence-corrected chi connectivity index (χ0v) is 16.6. The Kier molecular flexibility index (Phi) is 5.28. The normalized spacial score (nSPS) is 14.4. The largest absolute Gasteiger partial charge is 0.370 e. The van der Waals surface area contributed by atoms with Crippen molar-refractivity contribution in [1.82, 2.24) is 19.9 Å². The molecule has 1 aliphatic heterocycles. The molecule has 0 spiro atoms. The van der Waals surface area contributed by atoms with Gasteiger partial charge in [-0.15, -0.1) is 0 Å². The molecule has 1 aliphatic rings. The monoisotopic (exact) mass is 377 g/mol. The van der Waals surface area contributed by atoms with E-state index in [-0.39, 0.29) is 5.91 Å². The van der Waals surface area contributed by atoms with Crippen molar-refractivity contribution in [3.8, 4) is 0 Å². The Bertz CT molecular complexity index is 988. The summed E-state index contributed by atoms with van der Waals surface area (Å²) in [6.07, 6.45) is 5.87. The topological polar surface area (TPSA) is 73.9 Å². The van der Waals surface area contributed by atoms with Gasteiger partial charge in [-0.05, 0) is 62.4 Å². The Morgan fingerprint density at radius 1 is 1.18 bits per heavy atom. The van der Waals surface area contributed by atoms with E-state index in [1.165, 1.54) is 17.5 Å². The molecule has 6 heteroatoms. The molecular formula is C22H27N5O. The van der Waals surface area contributed by atoms with Gasteiger partial charge in [0.15, 0.2) is 0 Å². The summed E-state index contributed by atoms with van der Waals surface area (Å²) >= 11 is 0. The molecule has 0 radical (unpaired) electrons. The van der Waals surface area contributed by atoms with Crippen molar-refractivity contribution in [3.63, 3.8) is 0 Å². The third kappa shape index (κ3) is 3.86. The number of piperidine rings is 1. The number of carbonyl (C=O) groups is 1. The predicted molar refractivity (Wildman–Crippen MR) is 112 cm³/mol. The summed E-state index contributed by atoms with van der Waals surface area (Å²) in [7, 11) is 0. The second kappa shape index (κ2) is 8.00. The number of nitrogens with zero attached hydrogens (tertiary/aromatic N) is 3. The van der Waals surface area contributed by atoms with Gasteiger partial charge in [0, 0.05) is 37.8 Å². The standard InChI is InChI=1S/C22H27N5O/c1-15-6-7-18-21(16(15)2)26-19(25-18)9-11-24-20-14-17(8-10-23-20)22(28)27-12-4-3-5-13-27/h6-8,10,14H,3-5,9,11-13H2,1-2H3,(H,23,24)(H,25,26). The number of hydrogen-bond acceptors (Lipinski definition) is 4. The fourth-order valence-electron chi connectivity index (χ4n) is 3.73. The summed E-state index contributed by atoms with van der Waals surface area (Å²) in [5.41, 5.74) is 5.29. The van der Waals surface area contributed by atoms with Crippen molar-refractivity contribution >= 4 is 22.8 Å². The molecule has 0 atom stereocenters. The molecule has 1 amide bonds. The van der Waals surface area contributed by atoms with Gasteiger partial charge in [-0.2, -0.15) is 0 Å². The molecule has 1 fully saturated rings. The number of aromatic nitrogens is 3. The van der Waals surface area contributed by atoms with Crippen molar-refractivity contribution in [3.05, 3.63) is 53.0 Å². The van der Waals surface area contributed by atoms with E-state index >= 15 is 0 Å². The molecule has 3 aromatic rings. The first-order valence-electron chi connectivity index (χ1n) is 10.1. The van der Waals surface area contributed by atoms with Gasteiger partial charge in [0.05, 0.1) is 11.0 Å². The Labute approximate surface area is 165 Å². The third-order valence-electron chi connectivity index (χ3n) is 5.55. The van der Waals surface area contributed by atoms with Gasteiger partial charge in [0.2, 0.25) is 0 Å². The fraction of sp³-hybridized carbons (Fsp3) is 0.409. The van der Waals surface area contributed by atoms with E-state index in [0.29, 0.717) is 12.1 Å². The summed E-state index contributed by atoms with van der Waals surface area (Å²) in [4.78, 5) is 27.1. The van der Waals surface area contributed by atoms with Gasteiger partial charge >= 0.3 is 0 Å². The molecule has 0 bridgehead atoms. The Balaban J connectivity index is 1.39. The maximum atomic E-state index is 12.7. The molecule has 28 heavy (non-hydrogen) atoms. The maximum Gasteiger partial charge on any atom is 0.254 e. The molecule has 146 valence electrons. The smallest absolute Gasteiger partial charge is 0.254 e. The number of likely N-dealkylation sites (tertiary alicyclic amines) is 1. The van der Waals surface area contributed by atoms with Crippen LogP contribution in [-0.2, 0) is 6.42 Å². The van der Waals surface area contributed by atoms with Crippen LogP contribution in [0.15, 0.2) is 30.5 Å². The number of benzene rings is 1. The van der Waals surface area contributed by atoms with Crippen molar-refractivity contribution in [2.24, 2.45) is 0 Å². The Hall–Kier alpha value is -2.89. The van der Waals surface area contributed by atoms with Crippen LogP contribution in [0.1, 0.15) is 46.6 Å². The van der Waals surface area contributed by atoms with Crippen molar-refractivity contribution in [2.45, 2.75) is 39.5 Å². The average Bonchev–Trinajstić information content (AvgIpc) is 3.15. The highest BCUT2D eigenvalue weighted by Crippen LogP contribution is 2.19. The van der Waals surface area contributed by atoms with Crippen molar-refractivity contribution in [1.29, 1.82) is 0 Å². The quantitative estimate of drug-likeness (QED) is 0.708. The van der Waals surface area contributed by atoms with Crippen molar-refractivity contribution in [2.75, 3.05) is 25.0 Å². The van der Waals surface area contributed by atoms with E-state index < -0.39 is 0 Å². The number of aromatic amines is 1. The second-order valence-corrected chi connectivity index (χ2v) is 7.55. The number of nitrogens with one attached hydrogen (secondary N) is 2. The third-order valence-corrected chi connectivity index (χ3v) is 5.55. The van der Waals surface area contributed by atoms with E-state index in [2.05, 4.69) is 41.3 Å². The lowest BCUT2D eigenvalue weighted by atomic mass is 10.1. The molecule has 1 saturated heterocycles. The molecule has 4 rings (SSSR count). The Morgan fingerprint density at radius 2 is 2.00 bits per heavy atom. The van der Waals surface area contributed by atoms with Gasteiger partial charge in [-0.1, -0.05) is 6.07 Å². The van der Waals surface area contributed by atoms with Crippen LogP contribution in [0, 0.1) is 13.8 Å². The molecule has 0 aliphatic carbocycles. The molecule has 2 N–H and O–H groups in total. The summed E-state index contributed by atoms with van der Waals surface area (Å²) in [6, 6.07) is 7.85. The number of hydrogen-bond donors (Lipinski definition) is 2. The molecular weight excluding hydrogens is 350 g/mol. The number of H-pyrrole nitrogens is 1.